The predicted octanol–water partition coefficient (Wildman–Crippen LogP) is 3.38. The zero-order chi connectivity index (χ0) is 14.3. The highest BCUT2D eigenvalue weighted by atomic mass is 35.5. The average Bonchev–Trinajstić information content (AvgIpc) is 3.33. The first-order valence-corrected chi connectivity index (χ1v) is 7.58. The number of rotatable bonds is 5. The minimum atomic E-state index is -0.843. The molecule has 2 fully saturated rings. The number of halogens is 2. The van der Waals surface area contributed by atoms with Gasteiger partial charge in [0.25, 0.3) is 0 Å². The molecule has 0 heterocycles. The molecule has 0 aliphatic heterocycles. The van der Waals surface area contributed by atoms with E-state index in [1.807, 2.05) is 29.2 Å². The normalized spacial score (nSPS) is 23.2. The Labute approximate surface area is 128 Å². The number of ether oxygens (including phenoxy) is 1. The Bertz CT molecular complexity index is 511. The highest BCUT2D eigenvalue weighted by molar-refractivity contribution is 6.52. The van der Waals surface area contributed by atoms with Crippen molar-refractivity contribution in [2.24, 2.45) is 5.92 Å². The highest BCUT2D eigenvalue weighted by Crippen LogP contribution is 2.54. The molecule has 2 saturated carbocycles. The van der Waals surface area contributed by atoms with E-state index in [4.69, 9.17) is 27.9 Å². The minimum absolute atomic E-state index is 0.0910. The van der Waals surface area contributed by atoms with Crippen LogP contribution >= 0.6 is 23.2 Å². The summed E-state index contributed by atoms with van der Waals surface area (Å²) >= 11 is 12.0. The Morgan fingerprint density at radius 2 is 1.95 bits per heavy atom. The summed E-state index contributed by atoms with van der Waals surface area (Å²) in [6.45, 7) is 0.619. The molecule has 0 N–H and O–H groups in total. The van der Waals surface area contributed by atoms with Crippen molar-refractivity contribution in [2.45, 2.75) is 36.2 Å². The van der Waals surface area contributed by atoms with Crippen LogP contribution in [0.15, 0.2) is 24.3 Å². The van der Waals surface area contributed by atoms with E-state index in [1.54, 1.807) is 7.11 Å². The summed E-state index contributed by atoms with van der Waals surface area (Å²) in [6.07, 6.45) is 2.72. The van der Waals surface area contributed by atoms with Crippen LogP contribution in [0.2, 0.25) is 0 Å². The lowest BCUT2D eigenvalue weighted by Crippen LogP contribution is -2.34. The van der Waals surface area contributed by atoms with Gasteiger partial charge in [0.15, 0.2) is 0 Å². The number of carbonyl (C=O) groups excluding carboxylic acids is 1. The fourth-order valence-corrected chi connectivity index (χ4v) is 2.88. The first kappa shape index (κ1) is 14.0. The predicted molar refractivity (Wildman–Crippen MR) is 79.1 cm³/mol. The van der Waals surface area contributed by atoms with Crippen LogP contribution in [0.25, 0.3) is 0 Å². The lowest BCUT2D eigenvalue weighted by atomic mass is 10.2. The molecule has 2 aliphatic carbocycles. The zero-order valence-electron chi connectivity index (χ0n) is 11.3. The molecule has 108 valence electrons. The Morgan fingerprint density at radius 3 is 2.40 bits per heavy atom. The summed E-state index contributed by atoms with van der Waals surface area (Å²) < 4.78 is 4.30. The number of amides is 1. The second-order valence-corrected chi connectivity index (χ2v) is 7.11. The maximum atomic E-state index is 12.5. The quantitative estimate of drug-likeness (QED) is 0.780. The van der Waals surface area contributed by atoms with Crippen LogP contribution < -0.4 is 4.74 Å². The SMILES string of the molecule is COc1ccc(CN(C(=O)C2CC2(Cl)Cl)C2CC2)cc1. The summed E-state index contributed by atoms with van der Waals surface area (Å²) in [6, 6.07) is 8.16. The van der Waals surface area contributed by atoms with E-state index in [1.165, 1.54) is 0 Å². The summed E-state index contributed by atoms with van der Waals surface area (Å²) in [5, 5.41) is 0. The maximum absolute atomic E-state index is 12.5. The summed E-state index contributed by atoms with van der Waals surface area (Å²) in [4.78, 5) is 14.4. The first-order chi connectivity index (χ1) is 9.51. The van der Waals surface area contributed by atoms with Crippen LogP contribution in [0.3, 0.4) is 0 Å². The number of methoxy groups -OCH3 is 1. The molecule has 1 aromatic carbocycles. The number of hydrogen-bond acceptors (Lipinski definition) is 2. The molecular formula is C15H17Cl2NO2. The Kier molecular flexibility index (Phi) is 3.59. The van der Waals surface area contributed by atoms with Gasteiger partial charge in [-0.1, -0.05) is 12.1 Å². The molecule has 20 heavy (non-hydrogen) atoms. The van der Waals surface area contributed by atoms with Gasteiger partial charge in [-0.3, -0.25) is 4.79 Å². The zero-order valence-corrected chi connectivity index (χ0v) is 12.8. The van der Waals surface area contributed by atoms with Gasteiger partial charge in [0, 0.05) is 12.6 Å². The van der Waals surface area contributed by atoms with Crippen molar-refractivity contribution >= 4 is 29.1 Å². The van der Waals surface area contributed by atoms with E-state index >= 15 is 0 Å². The first-order valence-electron chi connectivity index (χ1n) is 6.82. The molecule has 0 spiro atoms. The molecule has 0 radical (unpaired) electrons. The molecule has 3 nitrogen and oxygen atoms in total. The van der Waals surface area contributed by atoms with Crippen LogP contribution in [-0.2, 0) is 11.3 Å². The maximum Gasteiger partial charge on any atom is 0.229 e. The summed E-state index contributed by atoms with van der Waals surface area (Å²) in [7, 11) is 1.64. The monoisotopic (exact) mass is 313 g/mol. The number of alkyl halides is 2. The smallest absolute Gasteiger partial charge is 0.229 e. The van der Waals surface area contributed by atoms with E-state index in [0.717, 1.165) is 24.2 Å². The molecule has 3 rings (SSSR count). The van der Waals surface area contributed by atoms with Crippen molar-refractivity contribution in [3.8, 4) is 5.75 Å². The molecule has 1 atom stereocenters. The lowest BCUT2D eigenvalue weighted by molar-refractivity contribution is -0.133. The molecule has 0 bridgehead atoms. The molecule has 0 aromatic heterocycles. The largest absolute Gasteiger partial charge is 0.497 e. The molecule has 0 saturated heterocycles. The average molecular weight is 314 g/mol. The summed E-state index contributed by atoms with van der Waals surface area (Å²) in [5.74, 6) is 0.679. The van der Waals surface area contributed by atoms with Crippen LogP contribution in [0, 0.1) is 5.92 Å². The second-order valence-electron chi connectivity index (χ2n) is 5.56. The van der Waals surface area contributed by atoms with E-state index < -0.39 is 4.33 Å². The standard InChI is InChI=1S/C15H17Cl2NO2/c1-20-12-6-2-10(3-7-12)9-18(11-4-5-11)14(19)13-8-15(13,16)17/h2-3,6-7,11,13H,4-5,8-9H2,1H3. The van der Waals surface area contributed by atoms with Crippen molar-refractivity contribution < 1.29 is 9.53 Å². The Balaban J connectivity index is 1.69. The number of benzene rings is 1. The molecule has 1 amide bonds. The summed E-state index contributed by atoms with van der Waals surface area (Å²) in [5.41, 5.74) is 1.10. The third-order valence-electron chi connectivity index (χ3n) is 3.91. The van der Waals surface area contributed by atoms with Gasteiger partial charge in [0.05, 0.1) is 13.0 Å². The second kappa shape index (κ2) is 5.12. The van der Waals surface area contributed by atoms with Crippen molar-refractivity contribution in [2.75, 3.05) is 7.11 Å². The van der Waals surface area contributed by atoms with Gasteiger partial charge in [0.2, 0.25) is 5.91 Å². The third kappa shape index (κ3) is 2.89. The number of hydrogen-bond donors (Lipinski definition) is 0. The van der Waals surface area contributed by atoms with Gasteiger partial charge in [-0.15, -0.1) is 23.2 Å². The van der Waals surface area contributed by atoms with Gasteiger partial charge >= 0.3 is 0 Å². The molecule has 1 unspecified atom stereocenters. The van der Waals surface area contributed by atoms with Gasteiger partial charge in [-0.2, -0.15) is 0 Å². The Morgan fingerprint density at radius 1 is 1.35 bits per heavy atom. The highest BCUT2D eigenvalue weighted by Gasteiger charge is 2.58. The van der Waals surface area contributed by atoms with Crippen molar-refractivity contribution in [1.29, 1.82) is 0 Å². The lowest BCUT2D eigenvalue weighted by Gasteiger charge is -2.23. The van der Waals surface area contributed by atoms with E-state index in [9.17, 15) is 4.79 Å². The van der Waals surface area contributed by atoms with Gasteiger partial charge < -0.3 is 9.64 Å². The van der Waals surface area contributed by atoms with E-state index in [0.29, 0.717) is 19.0 Å². The van der Waals surface area contributed by atoms with E-state index in [2.05, 4.69) is 0 Å². The van der Waals surface area contributed by atoms with Crippen LogP contribution in [0.5, 0.6) is 5.75 Å². The number of carbonyl (C=O) groups is 1. The van der Waals surface area contributed by atoms with Gasteiger partial charge in [0.1, 0.15) is 10.1 Å². The molecule has 1 aromatic rings. The molecule has 5 heteroatoms. The van der Waals surface area contributed by atoms with Gasteiger partial charge in [-0.25, -0.2) is 0 Å². The van der Waals surface area contributed by atoms with Gasteiger partial charge in [-0.05, 0) is 37.0 Å². The minimum Gasteiger partial charge on any atom is -0.497 e. The van der Waals surface area contributed by atoms with Crippen LogP contribution in [-0.4, -0.2) is 28.3 Å². The molecule has 2 aliphatic rings. The van der Waals surface area contributed by atoms with Crippen molar-refractivity contribution in [1.82, 2.24) is 4.90 Å². The van der Waals surface area contributed by atoms with Crippen LogP contribution in [0.1, 0.15) is 24.8 Å². The fourth-order valence-electron chi connectivity index (χ4n) is 2.38. The van der Waals surface area contributed by atoms with Crippen molar-refractivity contribution in [3.63, 3.8) is 0 Å². The fraction of sp³-hybridized carbons (Fsp3) is 0.533. The number of nitrogens with zero attached hydrogens (tertiary/aromatic N) is 1. The Hall–Kier alpha value is -0.930. The van der Waals surface area contributed by atoms with Crippen LogP contribution in [0.4, 0.5) is 0 Å². The third-order valence-corrected chi connectivity index (χ3v) is 4.74. The topological polar surface area (TPSA) is 29.5 Å². The van der Waals surface area contributed by atoms with E-state index in [-0.39, 0.29) is 11.8 Å². The van der Waals surface area contributed by atoms with Crippen molar-refractivity contribution in [3.05, 3.63) is 29.8 Å². The molecular weight excluding hydrogens is 297 g/mol.